The van der Waals surface area contributed by atoms with E-state index >= 15 is 0 Å². The van der Waals surface area contributed by atoms with Crippen LogP contribution in [0.2, 0.25) is 0 Å². The van der Waals surface area contributed by atoms with E-state index < -0.39 is 0 Å². The molecule has 2 rings (SSSR count). The highest BCUT2D eigenvalue weighted by atomic mass is 15.0. The summed E-state index contributed by atoms with van der Waals surface area (Å²) < 4.78 is 0. The van der Waals surface area contributed by atoms with Crippen molar-refractivity contribution in [3.63, 3.8) is 0 Å². The molecule has 0 aromatic carbocycles. The van der Waals surface area contributed by atoms with Crippen LogP contribution in [0.25, 0.3) is 0 Å². The first-order chi connectivity index (χ1) is 7.22. The third kappa shape index (κ3) is 2.85. The molecule has 0 amide bonds. The van der Waals surface area contributed by atoms with E-state index in [1.165, 1.54) is 12.8 Å². The smallest absolute Gasteiger partial charge is 0.127 e. The van der Waals surface area contributed by atoms with Gasteiger partial charge in [-0.2, -0.15) is 0 Å². The van der Waals surface area contributed by atoms with Crippen molar-refractivity contribution in [2.24, 2.45) is 5.41 Å². The van der Waals surface area contributed by atoms with Gasteiger partial charge >= 0.3 is 0 Å². The summed E-state index contributed by atoms with van der Waals surface area (Å²) in [5.74, 6) is 0.948. The van der Waals surface area contributed by atoms with Gasteiger partial charge in [-0.25, -0.2) is 4.98 Å². The molecule has 1 heterocycles. The number of nitrogens with zero attached hydrogens (tertiary/aromatic N) is 1. The predicted octanol–water partition coefficient (Wildman–Crippen LogP) is 2.73. The summed E-state index contributed by atoms with van der Waals surface area (Å²) in [7, 11) is 0. The second kappa shape index (κ2) is 4.09. The van der Waals surface area contributed by atoms with Gasteiger partial charge in [-0.05, 0) is 31.2 Å². The Morgan fingerprint density at radius 2 is 2.20 bits per heavy atom. The van der Waals surface area contributed by atoms with E-state index in [-0.39, 0.29) is 0 Å². The van der Waals surface area contributed by atoms with E-state index in [9.17, 15) is 0 Å². The van der Waals surface area contributed by atoms with Crippen molar-refractivity contribution in [2.45, 2.75) is 26.7 Å². The Hall–Kier alpha value is -1.25. The second-order valence-corrected chi connectivity index (χ2v) is 4.62. The topological polar surface area (TPSA) is 37.0 Å². The Balaban J connectivity index is 1.92. The summed E-state index contributed by atoms with van der Waals surface area (Å²) >= 11 is 0. The average molecular weight is 205 g/mol. The first-order valence-electron chi connectivity index (χ1n) is 5.66. The fourth-order valence-corrected chi connectivity index (χ4v) is 1.52. The Morgan fingerprint density at radius 1 is 1.40 bits per heavy atom. The second-order valence-electron chi connectivity index (χ2n) is 4.62. The molecule has 3 heteroatoms. The highest BCUT2D eigenvalue weighted by Gasteiger charge is 2.36. The molecule has 3 nitrogen and oxygen atoms in total. The SMILES string of the molecule is CCNc1cc(NCC2(C)CC2)ccn1. The molecular formula is C12H19N3. The molecule has 1 aromatic rings. The summed E-state index contributed by atoms with van der Waals surface area (Å²) in [6.45, 7) is 6.39. The molecule has 0 spiro atoms. The quantitative estimate of drug-likeness (QED) is 0.776. The molecule has 0 bridgehead atoms. The van der Waals surface area contributed by atoms with Crippen molar-refractivity contribution in [1.82, 2.24) is 4.98 Å². The minimum absolute atomic E-state index is 0.543. The lowest BCUT2D eigenvalue weighted by atomic mass is 10.1. The van der Waals surface area contributed by atoms with Crippen LogP contribution >= 0.6 is 0 Å². The van der Waals surface area contributed by atoms with Gasteiger partial charge in [-0.3, -0.25) is 0 Å². The molecule has 15 heavy (non-hydrogen) atoms. The molecule has 82 valence electrons. The van der Waals surface area contributed by atoms with Crippen LogP contribution in [0.5, 0.6) is 0 Å². The number of nitrogens with one attached hydrogen (secondary N) is 2. The highest BCUT2D eigenvalue weighted by molar-refractivity contribution is 5.51. The number of pyridine rings is 1. The van der Waals surface area contributed by atoms with Gasteiger partial charge in [-0.15, -0.1) is 0 Å². The van der Waals surface area contributed by atoms with E-state index in [0.29, 0.717) is 5.41 Å². The van der Waals surface area contributed by atoms with Crippen molar-refractivity contribution < 1.29 is 0 Å². The number of rotatable bonds is 5. The van der Waals surface area contributed by atoms with Crippen molar-refractivity contribution in [3.8, 4) is 0 Å². The standard InChI is InChI=1S/C12H19N3/c1-3-13-11-8-10(4-7-14-11)15-9-12(2)5-6-12/h4,7-8H,3,5-6,9H2,1-2H3,(H2,13,14,15). The lowest BCUT2D eigenvalue weighted by molar-refractivity contribution is 0.611. The zero-order chi connectivity index (χ0) is 10.7. The van der Waals surface area contributed by atoms with E-state index in [1.54, 1.807) is 0 Å². The molecule has 0 atom stereocenters. The monoisotopic (exact) mass is 205 g/mol. The fraction of sp³-hybridized carbons (Fsp3) is 0.583. The van der Waals surface area contributed by atoms with Crippen molar-refractivity contribution in [2.75, 3.05) is 23.7 Å². The van der Waals surface area contributed by atoms with Crippen molar-refractivity contribution in [3.05, 3.63) is 18.3 Å². The lowest BCUT2D eigenvalue weighted by Gasteiger charge is -2.12. The maximum absolute atomic E-state index is 4.24. The molecule has 0 aliphatic heterocycles. The fourth-order valence-electron chi connectivity index (χ4n) is 1.52. The largest absolute Gasteiger partial charge is 0.384 e. The molecule has 0 unspecified atom stereocenters. The Kier molecular flexibility index (Phi) is 2.80. The van der Waals surface area contributed by atoms with Gasteiger partial charge < -0.3 is 10.6 Å². The Morgan fingerprint density at radius 3 is 2.87 bits per heavy atom. The van der Waals surface area contributed by atoms with Gasteiger partial charge in [0.1, 0.15) is 5.82 Å². The predicted molar refractivity (Wildman–Crippen MR) is 64.2 cm³/mol. The molecule has 1 fully saturated rings. The molecule has 1 aliphatic carbocycles. The lowest BCUT2D eigenvalue weighted by Crippen LogP contribution is -2.12. The first-order valence-corrected chi connectivity index (χ1v) is 5.66. The summed E-state index contributed by atoms with van der Waals surface area (Å²) in [6, 6.07) is 4.09. The van der Waals surface area contributed by atoms with Crippen molar-refractivity contribution in [1.29, 1.82) is 0 Å². The van der Waals surface area contributed by atoms with Crippen LogP contribution in [-0.2, 0) is 0 Å². The molecule has 1 aromatic heterocycles. The molecule has 1 saturated carbocycles. The van der Waals surface area contributed by atoms with E-state index in [0.717, 1.165) is 24.6 Å². The highest BCUT2D eigenvalue weighted by Crippen LogP contribution is 2.44. The van der Waals surface area contributed by atoms with Gasteiger partial charge in [-0.1, -0.05) is 6.92 Å². The van der Waals surface area contributed by atoms with Crippen LogP contribution in [0.4, 0.5) is 11.5 Å². The zero-order valence-electron chi connectivity index (χ0n) is 9.51. The maximum Gasteiger partial charge on any atom is 0.127 e. The van der Waals surface area contributed by atoms with E-state index in [4.69, 9.17) is 0 Å². The van der Waals surface area contributed by atoms with Crippen molar-refractivity contribution >= 4 is 11.5 Å². The van der Waals surface area contributed by atoms with Crippen LogP contribution in [-0.4, -0.2) is 18.1 Å². The van der Waals surface area contributed by atoms with Crippen LogP contribution in [0, 0.1) is 5.41 Å². The molecular weight excluding hydrogens is 186 g/mol. The Bertz CT molecular complexity index is 331. The molecule has 1 aliphatic rings. The van der Waals surface area contributed by atoms with Crippen LogP contribution < -0.4 is 10.6 Å². The molecule has 2 N–H and O–H groups in total. The summed E-state index contributed by atoms with van der Waals surface area (Å²) in [5.41, 5.74) is 1.70. The number of hydrogen-bond acceptors (Lipinski definition) is 3. The van der Waals surface area contributed by atoms with Crippen LogP contribution in [0.3, 0.4) is 0 Å². The first kappa shape index (κ1) is 10.3. The molecule has 0 radical (unpaired) electrons. The van der Waals surface area contributed by atoms with Gasteiger partial charge in [0.25, 0.3) is 0 Å². The maximum atomic E-state index is 4.24. The van der Waals surface area contributed by atoms with Gasteiger partial charge in [0.2, 0.25) is 0 Å². The molecule has 0 saturated heterocycles. The van der Waals surface area contributed by atoms with E-state index in [1.807, 2.05) is 12.3 Å². The van der Waals surface area contributed by atoms with Gasteiger partial charge in [0.15, 0.2) is 0 Å². The minimum Gasteiger partial charge on any atom is -0.384 e. The van der Waals surface area contributed by atoms with E-state index in [2.05, 4.69) is 35.5 Å². The number of anilines is 2. The number of hydrogen-bond donors (Lipinski definition) is 2. The summed E-state index contributed by atoms with van der Waals surface area (Å²) in [5, 5.41) is 6.68. The van der Waals surface area contributed by atoms with Crippen LogP contribution in [0.15, 0.2) is 18.3 Å². The summed E-state index contributed by atoms with van der Waals surface area (Å²) in [4.78, 5) is 4.24. The zero-order valence-corrected chi connectivity index (χ0v) is 9.51. The minimum atomic E-state index is 0.543. The normalized spacial score (nSPS) is 17.2. The van der Waals surface area contributed by atoms with Crippen LogP contribution in [0.1, 0.15) is 26.7 Å². The van der Waals surface area contributed by atoms with Gasteiger partial charge in [0.05, 0.1) is 0 Å². The third-order valence-corrected chi connectivity index (χ3v) is 2.94. The number of aromatic nitrogens is 1. The van der Waals surface area contributed by atoms with Gasteiger partial charge in [0, 0.05) is 31.0 Å². The summed E-state index contributed by atoms with van der Waals surface area (Å²) in [6.07, 6.45) is 4.55. The average Bonchev–Trinajstić information content (AvgIpc) is 2.96. The Labute approximate surface area is 91.3 Å². The third-order valence-electron chi connectivity index (χ3n) is 2.94.